The summed E-state index contributed by atoms with van der Waals surface area (Å²) in [5.41, 5.74) is 0.992. The van der Waals surface area contributed by atoms with E-state index in [-0.39, 0.29) is 6.04 Å². The van der Waals surface area contributed by atoms with Gasteiger partial charge in [-0.1, -0.05) is 12.1 Å². The van der Waals surface area contributed by atoms with E-state index in [1.165, 1.54) is 0 Å². The third-order valence-corrected chi connectivity index (χ3v) is 6.64. The molecule has 2 fully saturated rings. The van der Waals surface area contributed by atoms with E-state index in [4.69, 9.17) is 0 Å². The standard InChI is InChI=1S/C16H24N2O2S/c1-13-5-2-7-15(11-13)21(19,20)18-10-4-8-16(18)14-6-3-9-17-12-14/h2,5,7,11,14,16-17H,3-4,6,8-10,12H2,1H3. The topological polar surface area (TPSA) is 49.4 Å². The Balaban J connectivity index is 1.86. The van der Waals surface area contributed by atoms with Crippen LogP contribution in [0.1, 0.15) is 31.2 Å². The van der Waals surface area contributed by atoms with Crippen molar-refractivity contribution >= 4 is 10.0 Å². The van der Waals surface area contributed by atoms with E-state index in [9.17, 15) is 8.42 Å². The molecule has 0 spiro atoms. The Morgan fingerprint density at radius 1 is 1.24 bits per heavy atom. The number of aryl methyl sites for hydroxylation is 1. The number of nitrogens with zero attached hydrogens (tertiary/aromatic N) is 1. The second-order valence-corrected chi connectivity index (χ2v) is 8.14. The molecule has 0 aromatic heterocycles. The second-order valence-electron chi connectivity index (χ2n) is 6.25. The summed E-state index contributed by atoms with van der Waals surface area (Å²) in [6.45, 7) is 4.61. The van der Waals surface area contributed by atoms with Crippen LogP contribution in [0.25, 0.3) is 0 Å². The zero-order valence-corrected chi connectivity index (χ0v) is 13.4. The molecule has 1 N–H and O–H groups in total. The Morgan fingerprint density at radius 3 is 2.81 bits per heavy atom. The first-order valence-electron chi connectivity index (χ1n) is 7.88. The van der Waals surface area contributed by atoms with E-state index in [1.807, 2.05) is 19.1 Å². The molecule has 1 aromatic rings. The van der Waals surface area contributed by atoms with Gasteiger partial charge in [-0.25, -0.2) is 8.42 Å². The highest BCUT2D eigenvalue weighted by molar-refractivity contribution is 7.89. The van der Waals surface area contributed by atoms with Gasteiger partial charge in [0, 0.05) is 12.6 Å². The lowest BCUT2D eigenvalue weighted by Crippen LogP contribution is -2.45. The lowest BCUT2D eigenvalue weighted by molar-refractivity contribution is 0.239. The van der Waals surface area contributed by atoms with Crippen LogP contribution in [-0.2, 0) is 10.0 Å². The SMILES string of the molecule is Cc1cccc(S(=O)(=O)N2CCCC2C2CCCNC2)c1. The lowest BCUT2D eigenvalue weighted by Gasteiger charge is -2.33. The molecule has 2 saturated heterocycles. The zero-order chi connectivity index (χ0) is 14.9. The van der Waals surface area contributed by atoms with E-state index >= 15 is 0 Å². The fraction of sp³-hybridized carbons (Fsp3) is 0.625. The number of benzene rings is 1. The molecule has 2 atom stereocenters. The Labute approximate surface area is 127 Å². The average molecular weight is 308 g/mol. The maximum absolute atomic E-state index is 12.9. The maximum atomic E-state index is 12.9. The smallest absolute Gasteiger partial charge is 0.243 e. The minimum atomic E-state index is -3.35. The Bertz CT molecular complexity index is 594. The maximum Gasteiger partial charge on any atom is 0.243 e. The van der Waals surface area contributed by atoms with Crippen molar-refractivity contribution in [3.63, 3.8) is 0 Å². The molecule has 2 unspecified atom stereocenters. The minimum Gasteiger partial charge on any atom is -0.316 e. The summed E-state index contributed by atoms with van der Waals surface area (Å²) in [6.07, 6.45) is 4.26. The van der Waals surface area contributed by atoms with E-state index in [0.717, 1.165) is 44.3 Å². The predicted octanol–water partition coefficient (Wildman–Crippen LogP) is 2.15. The zero-order valence-electron chi connectivity index (χ0n) is 12.6. The molecule has 2 aliphatic rings. The van der Waals surface area contributed by atoms with E-state index < -0.39 is 10.0 Å². The molecule has 0 saturated carbocycles. The second kappa shape index (κ2) is 6.07. The van der Waals surface area contributed by atoms with Gasteiger partial charge in [-0.15, -0.1) is 0 Å². The average Bonchev–Trinajstić information content (AvgIpc) is 2.98. The monoisotopic (exact) mass is 308 g/mol. The number of sulfonamides is 1. The molecule has 116 valence electrons. The first-order chi connectivity index (χ1) is 10.1. The van der Waals surface area contributed by atoms with Gasteiger partial charge in [-0.05, 0) is 69.3 Å². The van der Waals surface area contributed by atoms with Gasteiger partial charge in [0.1, 0.15) is 0 Å². The molecule has 0 amide bonds. The van der Waals surface area contributed by atoms with Crippen LogP contribution in [0.5, 0.6) is 0 Å². The third-order valence-electron chi connectivity index (χ3n) is 4.72. The van der Waals surface area contributed by atoms with Crippen LogP contribution in [-0.4, -0.2) is 38.4 Å². The van der Waals surface area contributed by atoms with Gasteiger partial charge in [0.2, 0.25) is 10.0 Å². The quantitative estimate of drug-likeness (QED) is 0.931. The van der Waals surface area contributed by atoms with Crippen molar-refractivity contribution < 1.29 is 8.42 Å². The van der Waals surface area contributed by atoms with Crippen molar-refractivity contribution in [1.29, 1.82) is 0 Å². The summed E-state index contributed by atoms with van der Waals surface area (Å²) >= 11 is 0. The van der Waals surface area contributed by atoms with Crippen LogP contribution in [0, 0.1) is 12.8 Å². The van der Waals surface area contributed by atoms with Gasteiger partial charge in [0.15, 0.2) is 0 Å². The van der Waals surface area contributed by atoms with Gasteiger partial charge >= 0.3 is 0 Å². The molecule has 21 heavy (non-hydrogen) atoms. The van der Waals surface area contributed by atoms with Crippen LogP contribution >= 0.6 is 0 Å². The van der Waals surface area contributed by atoms with Gasteiger partial charge < -0.3 is 5.32 Å². The molecule has 3 rings (SSSR count). The van der Waals surface area contributed by atoms with Crippen molar-refractivity contribution in [2.45, 2.75) is 43.5 Å². The molecule has 2 aliphatic heterocycles. The molecule has 0 bridgehead atoms. The molecule has 2 heterocycles. The molecule has 0 radical (unpaired) electrons. The number of hydrogen-bond donors (Lipinski definition) is 1. The van der Waals surface area contributed by atoms with Crippen LogP contribution in [0.3, 0.4) is 0 Å². The molecular weight excluding hydrogens is 284 g/mol. The predicted molar refractivity (Wildman–Crippen MR) is 83.7 cm³/mol. The summed E-state index contributed by atoms with van der Waals surface area (Å²) in [4.78, 5) is 0.443. The van der Waals surface area contributed by atoms with Crippen molar-refractivity contribution in [2.75, 3.05) is 19.6 Å². The molecule has 1 aromatic carbocycles. The number of piperidine rings is 1. The van der Waals surface area contributed by atoms with Gasteiger partial charge in [0.05, 0.1) is 4.90 Å². The van der Waals surface area contributed by atoms with Crippen molar-refractivity contribution in [3.8, 4) is 0 Å². The molecule has 0 aliphatic carbocycles. The van der Waals surface area contributed by atoms with E-state index in [1.54, 1.807) is 16.4 Å². The summed E-state index contributed by atoms with van der Waals surface area (Å²) in [6, 6.07) is 7.44. The first kappa shape index (κ1) is 15.0. The fourth-order valence-corrected chi connectivity index (χ4v) is 5.51. The molecule has 5 heteroatoms. The highest BCUT2D eigenvalue weighted by Gasteiger charge is 2.39. The van der Waals surface area contributed by atoms with Crippen molar-refractivity contribution in [3.05, 3.63) is 29.8 Å². The molecular formula is C16H24N2O2S. The van der Waals surface area contributed by atoms with Crippen molar-refractivity contribution in [2.24, 2.45) is 5.92 Å². The number of nitrogens with one attached hydrogen (secondary N) is 1. The molecule has 4 nitrogen and oxygen atoms in total. The van der Waals surface area contributed by atoms with E-state index in [2.05, 4.69) is 5.32 Å². The largest absolute Gasteiger partial charge is 0.316 e. The van der Waals surface area contributed by atoms with Crippen LogP contribution in [0.15, 0.2) is 29.2 Å². The lowest BCUT2D eigenvalue weighted by atomic mass is 9.91. The van der Waals surface area contributed by atoms with Gasteiger partial charge in [0.25, 0.3) is 0 Å². The highest BCUT2D eigenvalue weighted by atomic mass is 32.2. The van der Waals surface area contributed by atoms with Gasteiger partial charge in [-0.3, -0.25) is 0 Å². The van der Waals surface area contributed by atoms with Crippen LogP contribution in [0.4, 0.5) is 0 Å². The summed E-state index contributed by atoms with van der Waals surface area (Å²) < 4.78 is 27.7. The minimum absolute atomic E-state index is 0.170. The van der Waals surface area contributed by atoms with E-state index in [0.29, 0.717) is 17.4 Å². The summed E-state index contributed by atoms with van der Waals surface area (Å²) in [7, 11) is -3.35. The highest BCUT2D eigenvalue weighted by Crippen LogP contribution is 2.32. The first-order valence-corrected chi connectivity index (χ1v) is 9.32. The normalized spacial score (nSPS) is 27.9. The summed E-state index contributed by atoms with van der Waals surface area (Å²) in [5, 5.41) is 3.41. The number of hydrogen-bond acceptors (Lipinski definition) is 3. The van der Waals surface area contributed by atoms with Crippen LogP contribution < -0.4 is 5.32 Å². The number of rotatable bonds is 3. The Morgan fingerprint density at radius 2 is 2.10 bits per heavy atom. The Kier molecular flexibility index (Phi) is 4.33. The fourth-order valence-electron chi connectivity index (χ4n) is 3.65. The van der Waals surface area contributed by atoms with Gasteiger partial charge in [-0.2, -0.15) is 4.31 Å². The summed E-state index contributed by atoms with van der Waals surface area (Å²) in [5.74, 6) is 0.459. The van der Waals surface area contributed by atoms with Crippen molar-refractivity contribution in [1.82, 2.24) is 9.62 Å². The Hall–Kier alpha value is -0.910. The van der Waals surface area contributed by atoms with Crippen LogP contribution in [0.2, 0.25) is 0 Å². The third kappa shape index (κ3) is 3.00.